The number of benzene rings is 1. The average Bonchev–Trinajstić information content (AvgIpc) is 3.80. The van der Waals surface area contributed by atoms with Gasteiger partial charge < -0.3 is 26.4 Å². The molecule has 5 N–H and O–H groups in total. The van der Waals surface area contributed by atoms with Crippen molar-refractivity contribution in [3.8, 4) is 0 Å². The Morgan fingerprint density at radius 3 is 2.21 bits per heavy atom. The minimum absolute atomic E-state index is 0.00642. The SMILES string of the molecule is CCCCC/C=C\[C@@H]1C[C@@H]1C(=O)NCC(=O)NCc1ccccc1.CCCC[C@H](CCCCC(=O)CNC(=O)OC(C)(C)C)C(N)=O. The molecule has 0 aromatic heterocycles. The predicted molar refractivity (Wildman–Crippen MR) is 186 cm³/mol. The van der Waals surface area contributed by atoms with Gasteiger partial charge in [0.2, 0.25) is 17.7 Å². The minimum Gasteiger partial charge on any atom is -0.444 e. The first kappa shape index (κ1) is 41.3. The van der Waals surface area contributed by atoms with Gasteiger partial charge in [-0.1, -0.05) is 88.4 Å². The van der Waals surface area contributed by atoms with E-state index in [1.165, 1.54) is 19.3 Å². The number of nitrogens with two attached hydrogens (primary N) is 1. The number of alkyl carbamates (subject to hydrolysis) is 1. The Balaban J connectivity index is 0.000000471. The molecule has 10 nitrogen and oxygen atoms in total. The van der Waals surface area contributed by atoms with Gasteiger partial charge in [0, 0.05) is 24.8 Å². The van der Waals surface area contributed by atoms with Crippen LogP contribution >= 0.6 is 0 Å². The summed E-state index contributed by atoms with van der Waals surface area (Å²) in [7, 11) is 0. The van der Waals surface area contributed by atoms with Gasteiger partial charge >= 0.3 is 6.09 Å². The number of amides is 4. The van der Waals surface area contributed by atoms with Crippen LogP contribution < -0.4 is 21.7 Å². The number of Topliss-reactive ketones (excluding diaryl/α,β-unsaturated/α-hetero) is 1. The molecule has 0 heterocycles. The quantitative estimate of drug-likeness (QED) is 0.0922. The van der Waals surface area contributed by atoms with Crippen LogP contribution in [-0.4, -0.2) is 48.3 Å². The summed E-state index contributed by atoms with van der Waals surface area (Å²) in [5, 5.41) is 8.00. The van der Waals surface area contributed by atoms with Gasteiger partial charge in [-0.2, -0.15) is 0 Å². The molecule has 1 saturated carbocycles. The summed E-state index contributed by atoms with van der Waals surface area (Å²) < 4.78 is 5.06. The Bertz CT molecular complexity index is 1120. The lowest BCUT2D eigenvalue weighted by Crippen LogP contribution is -2.37. The number of allylic oxidation sites excluding steroid dienone is 2. The molecule has 3 atom stereocenters. The van der Waals surface area contributed by atoms with Crippen molar-refractivity contribution in [2.45, 2.75) is 124 Å². The maximum absolute atomic E-state index is 12.0. The fourth-order valence-electron chi connectivity index (χ4n) is 4.84. The molecule has 1 aromatic carbocycles. The van der Waals surface area contributed by atoms with Gasteiger partial charge in [0.1, 0.15) is 5.60 Å². The molecule has 0 aliphatic heterocycles. The summed E-state index contributed by atoms with van der Waals surface area (Å²) >= 11 is 0. The third kappa shape index (κ3) is 21.7. The monoisotopic (exact) mass is 656 g/mol. The Kier molecular flexibility index (Phi) is 20.8. The van der Waals surface area contributed by atoms with Gasteiger partial charge in [0.15, 0.2) is 5.78 Å². The number of hydrogen-bond donors (Lipinski definition) is 4. The van der Waals surface area contributed by atoms with Crippen LogP contribution in [0.2, 0.25) is 0 Å². The lowest BCUT2D eigenvalue weighted by Gasteiger charge is -2.19. The van der Waals surface area contributed by atoms with Gasteiger partial charge in [0.05, 0.1) is 13.1 Å². The molecule has 47 heavy (non-hydrogen) atoms. The molecule has 0 saturated heterocycles. The molecule has 0 spiro atoms. The molecule has 0 radical (unpaired) electrons. The first-order valence-corrected chi connectivity index (χ1v) is 17.4. The zero-order valence-corrected chi connectivity index (χ0v) is 29.4. The van der Waals surface area contributed by atoms with E-state index in [1.807, 2.05) is 30.3 Å². The van der Waals surface area contributed by atoms with E-state index >= 15 is 0 Å². The van der Waals surface area contributed by atoms with Crippen molar-refractivity contribution in [2.75, 3.05) is 13.1 Å². The molecule has 0 unspecified atom stereocenters. The van der Waals surface area contributed by atoms with Crippen molar-refractivity contribution in [3.05, 3.63) is 48.0 Å². The van der Waals surface area contributed by atoms with Crippen LogP contribution in [0.5, 0.6) is 0 Å². The molecule has 2 rings (SSSR count). The smallest absolute Gasteiger partial charge is 0.408 e. The van der Waals surface area contributed by atoms with Crippen LogP contribution in [0.25, 0.3) is 0 Å². The van der Waals surface area contributed by atoms with E-state index in [0.717, 1.165) is 50.5 Å². The van der Waals surface area contributed by atoms with E-state index in [0.29, 0.717) is 25.3 Å². The van der Waals surface area contributed by atoms with Crippen LogP contribution in [0.3, 0.4) is 0 Å². The van der Waals surface area contributed by atoms with E-state index in [-0.39, 0.29) is 48.4 Å². The van der Waals surface area contributed by atoms with E-state index in [9.17, 15) is 24.0 Å². The number of carbonyl (C=O) groups is 5. The molecule has 1 fully saturated rings. The van der Waals surface area contributed by atoms with E-state index < -0.39 is 11.7 Å². The second kappa shape index (κ2) is 23.6. The third-order valence-electron chi connectivity index (χ3n) is 7.69. The molecule has 10 heteroatoms. The van der Waals surface area contributed by atoms with Gasteiger partial charge in [0.25, 0.3) is 0 Å². The van der Waals surface area contributed by atoms with Crippen LogP contribution in [0.1, 0.15) is 117 Å². The summed E-state index contributed by atoms with van der Waals surface area (Å²) in [6.07, 6.45) is 14.9. The fraction of sp³-hybridized carbons (Fsp3) is 0.649. The number of rotatable bonds is 21. The maximum atomic E-state index is 12.0. The van der Waals surface area contributed by atoms with Crippen molar-refractivity contribution in [1.82, 2.24) is 16.0 Å². The molecular weight excluding hydrogens is 596 g/mol. The van der Waals surface area contributed by atoms with Crippen molar-refractivity contribution in [1.29, 1.82) is 0 Å². The highest BCUT2D eigenvalue weighted by molar-refractivity contribution is 5.87. The molecule has 4 amide bonds. The molecule has 1 aromatic rings. The highest BCUT2D eigenvalue weighted by Crippen LogP contribution is 2.39. The standard InChI is InChI=1S/C20H28N2O2.C17H32N2O4/c1-2-3-4-5-9-12-17-13-18(17)20(24)22-15-19(23)21-14-16-10-7-6-8-11-16;1-5-6-9-13(15(18)21)10-7-8-11-14(20)12-19-16(22)23-17(2,3)4/h6-12,17-18H,2-5,13-15H2,1H3,(H,21,23)(H,22,24);13H,5-12H2,1-4H3,(H2,18,21)(H,19,22)/b12-9-;/t17-,18+;13-/m11/s1. The first-order chi connectivity index (χ1) is 22.4. The second-order valence-corrected chi connectivity index (χ2v) is 13.3. The topological polar surface area (TPSA) is 157 Å². The molecule has 1 aliphatic rings. The predicted octanol–water partition coefficient (Wildman–Crippen LogP) is 6.12. The number of ether oxygens (including phenoxy) is 1. The molecule has 1 aliphatic carbocycles. The summed E-state index contributed by atoms with van der Waals surface area (Å²) in [6, 6.07) is 9.73. The van der Waals surface area contributed by atoms with Crippen molar-refractivity contribution < 1.29 is 28.7 Å². The largest absolute Gasteiger partial charge is 0.444 e. The van der Waals surface area contributed by atoms with E-state index in [2.05, 4.69) is 41.9 Å². The second-order valence-electron chi connectivity index (χ2n) is 13.3. The zero-order chi connectivity index (χ0) is 35.1. The number of unbranched alkanes of at least 4 members (excludes halogenated alkanes) is 5. The number of ketones is 1. The zero-order valence-electron chi connectivity index (χ0n) is 29.4. The Morgan fingerprint density at radius 2 is 1.57 bits per heavy atom. The Morgan fingerprint density at radius 1 is 0.894 bits per heavy atom. The summed E-state index contributed by atoms with van der Waals surface area (Å²) in [4.78, 5) is 58.2. The highest BCUT2D eigenvalue weighted by Gasteiger charge is 2.40. The maximum Gasteiger partial charge on any atom is 0.408 e. The molecule has 0 bridgehead atoms. The van der Waals surface area contributed by atoms with Crippen molar-refractivity contribution >= 4 is 29.6 Å². The van der Waals surface area contributed by atoms with Crippen molar-refractivity contribution in [2.24, 2.45) is 23.5 Å². The minimum atomic E-state index is -0.584. The highest BCUT2D eigenvalue weighted by atomic mass is 16.6. The number of carbonyl (C=O) groups excluding carboxylic acids is 5. The lowest BCUT2D eigenvalue weighted by atomic mass is 9.94. The fourth-order valence-corrected chi connectivity index (χ4v) is 4.84. The summed E-state index contributed by atoms with van der Waals surface area (Å²) in [5.41, 5.74) is 5.86. The first-order valence-electron chi connectivity index (χ1n) is 17.4. The Hall–Kier alpha value is -3.69. The van der Waals surface area contributed by atoms with Gasteiger partial charge in [-0.05, 0) is 70.8 Å². The number of nitrogens with one attached hydrogen (secondary N) is 3. The van der Waals surface area contributed by atoms with Crippen LogP contribution in [0.4, 0.5) is 4.79 Å². The van der Waals surface area contributed by atoms with Crippen LogP contribution in [0.15, 0.2) is 42.5 Å². The van der Waals surface area contributed by atoms with Gasteiger partial charge in [-0.15, -0.1) is 0 Å². The normalized spacial score (nSPS) is 15.9. The number of hydrogen-bond acceptors (Lipinski definition) is 6. The lowest BCUT2D eigenvalue weighted by molar-refractivity contribution is -0.127. The van der Waals surface area contributed by atoms with E-state index in [4.69, 9.17) is 10.5 Å². The van der Waals surface area contributed by atoms with E-state index in [1.54, 1.807) is 20.8 Å². The van der Waals surface area contributed by atoms with Gasteiger partial charge in [-0.25, -0.2) is 4.79 Å². The van der Waals surface area contributed by atoms with Gasteiger partial charge in [-0.3, -0.25) is 19.2 Å². The third-order valence-corrected chi connectivity index (χ3v) is 7.69. The van der Waals surface area contributed by atoms with Crippen molar-refractivity contribution in [3.63, 3.8) is 0 Å². The Labute approximate surface area is 282 Å². The van der Waals surface area contributed by atoms with Crippen LogP contribution in [0, 0.1) is 17.8 Å². The molecule has 264 valence electrons. The summed E-state index contributed by atoms with van der Waals surface area (Å²) in [5.74, 6) is -0.137. The number of primary amides is 1. The van der Waals surface area contributed by atoms with Crippen LogP contribution in [-0.2, 0) is 30.5 Å². The molecular formula is C37H60N4O6. The summed E-state index contributed by atoms with van der Waals surface area (Å²) in [6.45, 7) is 10.1. The average molecular weight is 657 g/mol.